The number of ether oxygens (including phenoxy) is 1. The van der Waals surface area contributed by atoms with Crippen molar-refractivity contribution in [1.29, 1.82) is 0 Å². The molecule has 0 aliphatic carbocycles. The number of hydrogen-bond acceptors (Lipinski definition) is 8. The largest absolute Gasteiger partial charge is 0.394 e. The fourth-order valence-corrected chi connectivity index (χ4v) is 2.90. The van der Waals surface area contributed by atoms with Gasteiger partial charge in [0.05, 0.1) is 24.3 Å². The highest BCUT2D eigenvalue weighted by Crippen LogP contribution is 2.39. The number of aromatic amines is 1. The molecular weight excluding hydrogens is 298 g/mol. The topological polar surface area (TPSA) is 139 Å². The summed E-state index contributed by atoms with van der Waals surface area (Å²) in [6.07, 6.45) is -0.565. The van der Waals surface area contributed by atoms with Gasteiger partial charge in [0, 0.05) is 0 Å². The molecule has 114 valence electrons. The van der Waals surface area contributed by atoms with Crippen LogP contribution in [0.3, 0.4) is 0 Å². The first-order valence-electron chi connectivity index (χ1n) is 6.66. The number of nitrogens with zero attached hydrogens (tertiary/aromatic N) is 3. The van der Waals surface area contributed by atoms with Crippen LogP contribution in [-0.2, 0) is 10.5 Å². The standard InChI is InChI=1S/C11H15N5O4S/c1-11(7(21)6(18)4(2-17)20-11)16-3-13-5-8(16)14-10(12)15-9(5)19/h3-4,6-7,17-18,21H,2H2,1H3,(H3,12,14,15,19)/t4-,6-,7-,11-/m1/s1/i/hD. The summed E-state index contributed by atoms with van der Waals surface area (Å²) in [7, 11) is 0. The van der Waals surface area contributed by atoms with E-state index in [1.165, 1.54) is 10.9 Å². The number of thiol groups is 1. The van der Waals surface area contributed by atoms with Gasteiger partial charge in [-0.3, -0.25) is 9.36 Å². The highest BCUT2D eigenvalue weighted by Gasteiger charge is 2.51. The summed E-state index contributed by atoms with van der Waals surface area (Å²) in [6.45, 7) is 1.23. The summed E-state index contributed by atoms with van der Waals surface area (Å²) in [4.78, 5) is 20.1. The van der Waals surface area contributed by atoms with Crippen molar-refractivity contribution in [1.82, 2.24) is 19.5 Å². The molecule has 3 rings (SSSR count). The number of nitrogens with two attached hydrogens (primary N) is 1. The molecule has 0 radical (unpaired) electrons. The smallest absolute Gasteiger partial charge is 0.302 e. The minimum atomic E-state index is -1.23. The zero-order valence-corrected chi connectivity index (χ0v) is 11.9. The van der Waals surface area contributed by atoms with E-state index >= 15 is 0 Å². The molecule has 1 fully saturated rings. The molecule has 3 heterocycles. The zero-order valence-electron chi connectivity index (χ0n) is 12.0. The number of fused-ring (bicyclic) bond motifs is 1. The van der Waals surface area contributed by atoms with Crippen molar-refractivity contribution >= 4 is 29.7 Å². The van der Waals surface area contributed by atoms with Crippen molar-refractivity contribution < 1.29 is 16.4 Å². The fourth-order valence-electron chi connectivity index (χ4n) is 2.53. The molecule has 0 saturated carbocycles. The van der Waals surface area contributed by atoms with E-state index in [4.69, 9.17) is 11.9 Å². The summed E-state index contributed by atoms with van der Waals surface area (Å²) in [5.74, 6) is -0.296. The van der Waals surface area contributed by atoms with Crippen molar-refractivity contribution in [2.45, 2.75) is 30.1 Å². The van der Waals surface area contributed by atoms with E-state index in [2.05, 4.69) is 22.6 Å². The van der Waals surface area contributed by atoms with E-state index in [0.29, 0.717) is 0 Å². The van der Waals surface area contributed by atoms with Gasteiger partial charge in [0.25, 0.3) is 0 Å². The normalized spacial score (nSPS) is 33.5. The lowest BCUT2D eigenvalue weighted by Gasteiger charge is -2.30. The second kappa shape index (κ2) is 4.70. The number of anilines is 1. The molecule has 1 saturated heterocycles. The number of imidazole rings is 1. The number of nitrogens with one attached hydrogen (secondary N) is 1. The summed E-state index contributed by atoms with van der Waals surface area (Å²) in [5, 5.41) is 18.7. The maximum atomic E-state index is 11.8. The first-order valence-corrected chi connectivity index (χ1v) is 6.73. The molecule has 5 N–H and O–H groups in total. The fraction of sp³-hybridized carbons (Fsp3) is 0.545. The number of rotatable bonds is 2. The summed E-state index contributed by atoms with van der Waals surface area (Å²) >= 11 is 4.35. The predicted molar refractivity (Wildman–Crippen MR) is 76.9 cm³/mol. The Hall–Kier alpha value is -1.62. The van der Waals surface area contributed by atoms with Crippen LogP contribution in [0.2, 0.25) is 1.41 Å². The van der Waals surface area contributed by atoms with Crippen molar-refractivity contribution in [2.24, 2.45) is 0 Å². The van der Waals surface area contributed by atoms with Crippen LogP contribution >= 0.6 is 12.6 Å². The van der Waals surface area contributed by atoms with Crippen LogP contribution in [0.5, 0.6) is 0 Å². The first-order chi connectivity index (χ1) is 10.3. The summed E-state index contributed by atoms with van der Waals surface area (Å²) in [5.41, 5.74) is 3.69. The quantitative estimate of drug-likeness (QED) is 0.422. The second-order valence-electron chi connectivity index (χ2n) is 5.00. The van der Waals surface area contributed by atoms with E-state index in [1.807, 2.05) is 0 Å². The molecule has 1 aliphatic heterocycles. The van der Waals surface area contributed by atoms with Gasteiger partial charge in [-0.25, -0.2) is 4.98 Å². The lowest BCUT2D eigenvalue weighted by atomic mass is 10.1. The molecule has 2 aromatic rings. The molecule has 9 nitrogen and oxygen atoms in total. The van der Waals surface area contributed by atoms with Gasteiger partial charge >= 0.3 is 5.56 Å². The molecule has 0 unspecified atom stereocenters. The number of aromatic nitrogens is 4. The first kappa shape index (κ1) is 13.1. The van der Waals surface area contributed by atoms with Crippen LogP contribution in [0.1, 0.15) is 6.92 Å². The van der Waals surface area contributed by atoms with E-state index in [-0.39, 0.29) is 17.1 Å². The highest BCUT2D eigenvalue weighted by atomic mass is 32.1. The SMILES string of the molecule is [2H]n1c(N)nc(=O)c2ncn([C@]3(C)O[C@H](CO)[C@@H](O)[C@H]3S)c21. The third-order valence-electron chi connectivity index (χ3n) is 3.68. The Morgan fingerprint density at radius 2 is 2.48 bits per heavy atom. The number of nitrogen functional groups attached to an aromatic ring is 1. The Morgan fingerprint density at radius 3 is 3.10 bits per heavy atom. The lowest BCUT2D eigenvalue weighted by Crippen LogP contribution is -2.39. The van der Waals surface area contributed by atoms with Crippen LogP contribution in [0, 0.1) is 0 Å². The van der Waals surface area contributed by atoms with Crippen molar-refractivity contribution in [3.8, 4) is 0 Å². The number of hydrogen-bond donors (Lipinski definition) is 5. The molecule has 0 bridgehead atoms. The van der Waals surface area contributed by atoms with E-state index in [0.717, 1.165) is 4.98 Å². The number of aliphatic hydroxyl groups excluding tert-OH is 2. The molecule has 1 aliphatic rings. The Morgan fingerprint density at radius 1 is 1.76 bits per heavy atom. The molecule has 0 spiro atoms. The highest BCUT2D eigenvalue weighted by molar-refractivity contribution is 7.81. The van der Waals surface area contributed by atoms with Gasteiger partial charge in [-0.1, -0.05) is 0 Å². The molecule has 21 heavy (non-hydrogen) atoms. The van der Waals surface area contributed by atoms with Gasteiger partial charge in [-0.15, -0.1) is 0 Å². The van der Waals surface area contributed by atoms with E-state index in [9.17, 15) is 15.0 Å². The average Bonchev–Trinajstić information content (AvgIpc) is 3.02. The van der Waals surface area contributed by atoms with Crippen molar-refractivity contribution in [3.05, 3.63) is 16.7 Å². The van der Waals surface area contributed by atoms with Crippen LogP contribution in [0.15, 0.2) is 11.1 Å². The maximum Gasteiger partial charge on any atom is 0.302 e. The van der Waals surface area contributed by atoms with Gasteiger partial charge in [0.1, 0.15) is 11.8 Å². The minimum absolute atomic E-state index is 0.0449. The maximum absolute atomic E-state index is 11.8. The molecule has 10 heteroatoms. The van der Waals surface area contributed by atoms with Gasteiger partial charge < -0.3 is 25.7 Å². The number of H-pyrrole nitrogens is 1. The third-order valence-corrected chi connectivity index (χ3v) is 4.47. The molecule has 4 atom stereocenters. The molecule has 0 amide bonds. The van der Waals surface area contributed by atoms with Crippen LogP contribution in [0.25, 0.3) is 11.2 Å². The van der Waals surface area contributed by atoms with Gasteiger partial charge in [-0.2, -0.15) is 17.6 Å². The van der Waals surface area contributed by atoms with E-state index < -0.39 is 35.3 Å². The second-order valence-corrected chi connectivity index (χ2v) is 5.56. The third kappa shape index (κ3) is 1.94. The van der Waals surface area contributed by atoms with Gasteiger partial charge in [0.15, 0.2) is 12.7 Å². The summed E-state index contributed by atoms with van der Waals surface area (Å²) < 4.78 is 15.0. The lowest BCUT2D eigenvalue weighted by molar-refractivity contribution is -0.102. The molecule has 0 aromatic carbocycles. The number of aliphatic hydroxyl groups is 2. The van der Waals surface area contributed by atoms with Crippen LogP contribution in [-0.4, -0.2) is 53.8 Å². The van der Waals surface area contributed by atoms with E-state index in [1.54, 1.807) is 6.92 Å². The Kier molecular flexibility index (Phi) is 2.92. The Balaban J connectivity index is 2.25. The van der Waals surface area contributed by atoms with Crippen molar-refractivity contribution in [2.75, 3.05) is 12.3 Å². The predicted octanol–water partition coefficient (Wildman–Crippen LogP) is -1.58. The Bertz CT molecular complexity index is 795. The molecule has 2 aromatic heterocycles. The monoisotopic (exact) mass is 314 g/mol. The van der Waals surface area contributed by atoms with Crippen LogP contribution < -0.4 is 11.3 Å². The summed E-state index contributed by atoms with van der Waals surface area (Å²) in [6, 6.07) is 0. The van der Waals surface area contributed by atoms with Gasteiger partial charge in [-0.05, 0) is 6.92 Å². The average molecular weight is 314 g/mol. The Labute approximate surface area is 125 Å². The van der Waals surface area contributed by atoms with Crippen LogP contribution in [0.4, 0.5) is 5.95 Å². The van der Waals surface area contributed by atoms with Gasteiger partial charge in [0.2, 0.25) is 5.95 Å². The molecular formula is C11H15N5O4S. The minimum Gasteiger partial charge on any atom is -0.394 e. The zero-order chi connectivity index (χ0) is 16.2. The van der Waals surface area contributed by atoms with Crippen molar-refractivity contribution in [3.63, 3.8) is 0 Å².